The molecule has 1 aromatic rings. The first-order valence-electron chi connectivity index (χ1n) is 31.6. The highest BCUT2D eigenvalue weighted by Gasteiger charge is 2.58. The number of nitrogens with one attached hydrogen (secondary N) is 4. The van der Waals surface area contributed by atoms with Gasteiger partial charge in [-0.2, -0.15) is 0 Å². The van der Waals surface area contributed by atoms with Gasteiger partial charge in [0, 0.05) is 74.8 Å². The van der Waals surface area contributed by atoms with Crippen LogP contribution in [0.5, 0.6) is 0 Å². The van der Waals surface area contributed by atoms with Crippen molar-refractivity contribution in [2.24, 2.45) is 68.8 Å². The second-order valence-electron chi connectivity index (χ2n) is 25.4. The summed E-state index contributed by atoms with van der Waals surface area (Å²) in [6, 6.07) is -5.62. The molecule has 4 amide bonds. The van der Waals surface area contributed by atoms with E-state index in [1.165, 1.54) is 24.3 Å². The minimum absolute atomic E-state index is 0. The second-order valence-corrected chi connectivity index (χ2v) is 25.4. The minimum Gasteiger partial charge on any atom is -0.389 e. The van der Waals surface area contributed by atoms with Crippen molar-refractivity contribution in [3.05, 3.63) is 24.3 Å². The third-order valence-corrected chi connectivity index (χ3v) is 18.7. The first-order chi connectivity index (χ1) is 45.5. The van der Waals surface area contributed by atoms with Crippen molar-refractivity contribution in [2.75, 3.05) is 49.9 Å². The zero-order chi connectivity index (χ0) is 70.0. The van der Waals surface area contributed by atoms with Crippen molar-refractivity contribution in [3.8, 4) is 0 Å². The fourth-order valence-corrected chi connectivity index (χ4v) is 12.9. The van der Waals surface area contributed by atoms with Gasteiger partial charge in [0.05, 0.1) is 36.4 Å². The van der Waals surface area contributed by atoms with Crippen LogP contribution in [0.1, 0.15) is 20.3 Å². The molecule has 0 aromatic heterocycles. The number of ether oxygens (including phenoxy) is 12. The lowest BCUT2D eigenvalue weighted by Gasteiger charge is -2.47. The Balaban J connectivity index is 0.0000120. The fourth-order valence-electron chi connectivity index (χ4n) is 12.9. The summed E-state index contributed by atoms with van der Waals surface area (Å²) in [4.78, 5) is 27.2. The van der Waals surface area contributed by atoms with E-state index in [0.717, 1.165) is 0 Å². The Kier molecular flexibility index (Phi) is 27.8. The van der Waals surface area contributed by atoms with Crippen LogP contribution in [0, 0.1) is 0 Å². The molecule has 2 aliphatic carbocycles. The van der Waals surface area contributed by atoms with Gasteiger partial charge in [0.25, 0.3) is 0 Å². The first-order valence-corrected chi connectivity index (χ1v) is 31.6. The van der Waals surface area contributed by atoms with Crippen molar-refractivity contribution in [1.29, 1.82) is 0 Å². The number of carbonyl (C=O) groups is 2. The van der Waals surface area contributed by atoms with Crippen LogP contribution < -0.4 is 90.1 Å². The number of hydrogen-bond donors (Lipinski definition) is 28. The molecule has 0 radical (unpaired) electrons. The van der Waals surface area contributed by atoms with Crippen LogP contribution >= 0.6 is 0 Å². The molecule has 1 aromatic carbocycles. The third-order valence-electron chi connectivity index (χ3n) is 18.7. The summed E-state index contributed by atoms with van der Waals surface area (Å²) in [5.41, 5.74) is 73.9. The number of amides is 4. The number of nitrogens with two attached hydrogens (primary N) is 12. The van der Waals surface area contributed by atoms with E-state index in [9.17, 15) is 70.9 Å². The lowest BCUT2D eigenvalue weighted by molar-refractivity contribution is -0.306. The smallest absolute Gasteiger partial charge is 0.319 e. The van der Waals surface area contributed by atoms with E-state index in [2.05, 4.69) is 21.3 Å². The average molecular weight is 1400 g/mol. The first kappa shape index (κ1) is 79.0. The molecule has 38 atom stereocenters. The molecule has 9 rings (SSSR count). The van der Waals surface area contributed by atoms with E-state index in [4.69, 9.17) is 126 Å². The molecular formula is C55H102N16O26. The predicted molar refractivity (Wildman–Crippen MR) is 330 cm³/mol. The Hall–Kier alpha value is -3.68. The summed E-state index contributed by atoms with van der Waals surface area (Å²) >= 11 is 0. The van der Waals surface area contributed by atoms with E-state index in [0.29, 0.717) is 0 Å². The lowest BCUT2D eigenvalue weighted by atomic mass is 9.84. The van der Waals surface area contributed by atoms with Crippen molar-refractivity contribution < 1.29 is 128 Å². The minimum atomic E-state index is -1.81. The van der Waals surface area contributed by atoms with Gasteiger partial charge >= 0.3 is 12.1 Å². The van der Waals surface area contributed by atoms with Gasteiger partial charge in [-0.05, 0) is 37.1 Å². The summed E-state index contributed by atoms with van der Waals surface area (Å²) < 4.78 is 72.4. The third kappa shape index (κ3) is 17.4. The summed E-state index contributed by atoms with van der Waals surface area (Å²) in [6.07, 6.45) is -44.6. The lowest BCUT2D eigenvalue weighted by Crippen LogP contribution is -2.68. The quantitative estimate of drug-likeness (QED) is 0.0513. The van der Waals surface area contributed by atoms with Crippen LogP contribution in [0.3, 0.4) is 0 Å². The maximum atomic E-state index is 13.6. The van der Waals surface area contributed by atoms with Crippen molar-refractivity contribution in [1.82, 2.24) is 10.6 Å². The monoisotopic (exact) mass is 1400 g/mol. The Morgan fingerprint density at radius 1 is 0.340 bits per heavy atom. The molecule has 0 bridgehead atoms. The largest absolute Gasteiger partial charge is 0.389 e. The van der Waals surface area contributed by atoms with E-state index >= 15 is 0 Å². The number of benzene rings is 1. The molecule has 21 unspecified atom stereocenters. The molecule has 42 heteroatoms. The van der Waals surface area contributed by atoms with Gasteiger partial charge in [0.1, 0.15) is 134 Å². The molecule has 2 saturated carbocycles. The summed E-state index contributed by atoms with van der Waals surface area (Å²) in [5.74, 6) is 0. The van der Waals surface area contributed by atoms with Crippen molar-refractivity contribution in [2.45, 2.75) is 253 Å². The van der Waals surface area contributed by atoms with Gasteiger partial charge in [-0.1, -0.05) is 7.43 Å². The number of urea groups is 2. The molecule has 6 heterocycles. The van der Waals surface area contributed by atoms with Crippen molar-refractivity contribution in [3.63, 3.8) is 0 Å². The highest BCUT2D eigenvalue weighted by molar-refractivity contribution is 5.91. The summed E-state index contributed by atoms with van der Waals surface area (Å²) in [7, 11) is 0. The number of aliphatic hydroxyl groups excluding tert-OH is 12. The molecule has 40 N–H and O–H groups in total. The van der Waals surface area contributed by atoms with Crippen LogP contribution in [-0.4, -0.2) is 345 Å². The van der Waals surface area contributed by atoms with Crippen LogP contribution in [-0.2, 0) is 56.8 Å². The molecule has 8 fully saturated rings. The van der Waals surface area contributed by atoms with E-state index < -0.39 is 258 Å². The van der Waals surface area contributed by atoms with Gasteiger partial charge in [-0.15, -0.1) is 0 Å². The van der Waals surface area contributed by atoms with Crippen LogP contribution in [0.4, 0.5) is 21.0 Å². The maximum Gasteiger partial charge on any atom is 0.319 e. The average Bonchev–Trinajstić information content (AvgIpc) is 1.77. The molecule has 97 heavy (non-hydrogen) atoms. The summed E-state index contributed by atoms with van der Waals surface area (Å²) in [6.45, 7) is -1.99. The van der Waals surface area contributed by atoms with E-state index in [1.807, 2.05) is 0 Å². The van der Waals surface area contributed by atoms with Crippen LogP contribution in [0.15, 0.2) is 24.3 Å². The zero-order valence-electron chi connectivity index (χ0n) is 51.9. The number of hydrogen-bond acceptors (Lipinski definition) is 38. The number of aliphatic hydroxyl groups is 12. The molecule has 0 spiro atoms. The summed E-state index contributed by atoms with van der Waals surface area (Å²) in [5, 5.41) is 142. The predicted octanol–water partition coefficient (Wildman–Crippen LogP) is -15.2. The van der Waals surface area contributed by atoms with Gasteiger partial charge < -0.3 is 208 Å². The Morgan fingerprint density at radius 2 is 0.588 bits per heavy atom. The molecule has 558 valence electrons. The Bertz CT molecular complexity index is 2470. The number of rotatable bonds is 22. The van der Waals surface area contributed by atoms with Gasteiger partial charge in [-0.3, -0.25) is 0 Å². The molecule has 8 aliphatic rings. The Labute approximate surface area is 556 Å². The number of anilines is 2. The fraction of sp³-hybridized carbons (Fsp3) is 0.855. The SMILES string of the molecule is C.NCC1O[C@H](OC2C(N)C[C@@H](N)C(O)[C@H]2O[C@@H]2O[C@H](CNC(=O)Nc3ccc(NC(=O)NC[C@H]4O[C@@H](OC5C(O[C@@H]6OC(CN)C(O)[C@H](O)C6N)C(N)C[C@H](N)[C@@H]5O)C(O)C4O[C@@H]4O[C@H](CN)C(O)C(O)C4N)cc3)C(O[C@H]3O[C@@H](CN)C(O)C(O)C3N)[C@@H]2O)C(N)[C@@H](O)C1O. The van der Waals surface area contributed by atoms with Gasteiger partial charge in [0.2, 0.25) is 0 Å². The molecule has 42 nitrogen and oxygen atoms in total. The molecular weight excluding hydrogens is 1300 g/mol. The number of carbonyl (C=O) groups excluding carboxylic acids is 2. The highest BCUT2D eigenvalue weighted by Crippen LogP contribution is 2.38. The zero-order valence-corrected chi connectivity index (χ0v) is 51.9. The Morgan fingerprint density at radius 3 is 0.856 bits per heavy atom. The highest BCUT2D eigenvalue weighted by atomic mass is 16.8. The molecule has 6 aliphatic heterocycles. The van der Waals surface area contributed by atoms with Crippen LogP contribution in [0.2, 0.25) is 0 Å². The normalized spacial score (nSPS) is 48.0. The molecule has 6 saturated heterocycles. The van der Waals surface area contributed by atoms with E-state index in [-0.39, 0.29) is 57.8 Å². The van der Waals surface area contributed by atoms with Gasteiger partial charge in [0.15, 0.2) is 37.7 Å². The topological polar surface area (TPSA) is 748 Å². The van der Waals surface area contributed by atoms with Crippen LogP contribution in [0.25, 0.3) is 0 Å². The van der Waals surface area contributed by atoms with Gasteiger partial charge in [-0.25, -0.2) is 9.59 Å². The van der Waals surface area contributed by atoms with Crippen molar-refractivity contribution >= 4 is 23.4 Å². The maximum absolute atomic E-state index is 13.6. The van der Waals surface area contributed by atoms with E-state index in [1.54, 1.807) is 0 Å². The standard InChI is InChI=1S/C54H98N16O26.CH4/c55-7-19-31(73)35(77)25(63)47(85-19)91-41-17(61)5-15(59)29(71)45(41)95-51-39(81)43(93-49-27(65)37(79)33(75)21(9-57)87-49)23(89-51)11-67-53(83)69-13-1-2-14(4-3-13)70-54(84)68-12-24-44(94-50-28(66)38(80)34(76)22(10-58)88-50)40(82)52(90-24)96-46-30(72)16(60)6-18(62)42(46)92-48-26(64)36(78)32(74)20(8-56)86-48;/h1-4,15-52,71-82H,5-12,55-66H2,(H2,67,69,83)(H2,68,70,84);1H4/t15-,16+,17?,18?,19?,20?,21+,22-,23-,24-,25?,26?,27?,28?,29?,30+,31?,32?,33?,34?,35-,36-,37?,38?,39+,40?,41?,42?,43?,44?,45-,46?,47-,48+,49-,50+,51+,52+;/m1./s1. The second kappa shape index (κ2) is 34.1.